The van der Waals surface area contributed by atoms with Gasteiger partial charge in [-0.1, -0.05) is 31.2 Å². The first-order valence-corrected chi connectivity index (χ1v) is 8.97. The van der Waals surface area contributed by atoms with E-state index < -0.39 is 9.73 Å². The largest absolute Gasteiger partial charge is 0.270 e. The van der Waals surface area contributed by atoms with Gasteiger partial charge in [0.25, 0.3) is 11.8 Å². The highest BCUT2D eigenvalue weighted by molar-refractivity contribution is 7.92. The fourth-order valence-corrected chi connectivity index (χ4v) is 3.46. The second kappa shape index (κ2) is 5.62. The van der Waals surface area contributed by atoms with Gasteiger partial charge in [-0.3, -0.25) is 14.5 Å². The quantitative estimate of drug-likeness (QED) is 0.877. The number of carbonyl (C=O) groups is 2. The van der Waals surface area contributed by atoms with E-state index in [9.17, 15) is 13.8 Å². The lowest BCUT2D eigenvalue weighted by molar-refractivity contribution is 0.0642. The summed E-state index contributed by atoms with van der Waals surface area (Å²) < 4.78 is 19.8. The minimum atomic E-state index is -2.75. The number of carbonyl (C=O) groups excluding carboxylic acids is 2. The van der Waals surface area contributed by atoms with Crippen LogP contribution in [0.2, 0.25) is 0 Å². The average molecular weight is 328 g/mol. The molecule has 2 aromatic carbocycles. The van der Waals surface area contributed by atoms with Gasteiger partial charge in [0.1, 0.15) is 0 Å². The van der Waals surface area contributed by atoms with E-state index in [-0.39, 0.29) is 24.1 Å². The zero-order valence-electron chi connectivity index (χ0n) is 12.6. The van der Waals surface area contributed by atoms with Crippen LogP contribution in [0.3, 0.4) is 0 Å². The van der Waals surface area contributed by atoms with Crippen molar-refractivity contribution in [1.82, 2.24) is 4.90 Å². The molecule has 6 heteroatoms. The van der Waals surface area contributed by atoms with Crippen LogP contribution in [-0.4, -0.2) is 26.7 Å². The van der Waals surface area contributed by atoms with Gasteiger partial charge in [0.2, 0.25) is 0 Å². The van der Waals surface area contributed by atoms with E-state index in [4.69, 9.17) is 4.78 Å². The minimum absolute atomic E-state index is 0.165. The molecule has 1 aliphatic rings. The summed E-state index contributed by atoms with van der Waals surface area (Å²) in [6, 6.07) is 13.4. The van der Waals surface area contributed by atoms with Crippen molar-refractivity contribution in [2.75, 3.05) is 5.75 Å². The summed E-state index contributed by atoms with van der Waals surface area (Å²) in [6.45, 7) is 1.87. The van der Waals surface area contributed by atoms with Crippen LogP contribution < -0.4 is 0 Å². The first-order chi connectivity index (χ1) is 10.9. The van der Waals surface area contributed by atoms with Gasteiger partial charge in [0, 0.05) is 10.6 Å². The number of rotatable bonds is 4. The molecule has 0 saturated carbocycles. The lowest BCUT2D eigenvalue weighted by atomic mass is 10.1. The van der Waals surface area contributed by atoms with Crippen molar-refractivity contribution in [2.45, 2.75) is 18.4 Å². The minimum Gasteiger partial charge on any atom is -0.270 e. The van der Waals surface area contributed by atoms with Crippen LogP contribution in [0.4, 0.5) is 0 Å². The number of nitrogens with zero attached hydrogens (tertiary/aromatic N) is 1. The average Bonchev–Trinajstić information content (AvgIpc) is 2.81. The highest BCUT2D eigenvalue weighted by atomic mass is 32.2. The highest BCUT2D eigenvalue weighted by Gasteiger charge is 2.34. The Bertz CT molecular complexity index is 851. The number of fused-ring (bicyclic) bond motifs is 1. The number of benzene rings is 2. The maximum atomic E-state index is 12.3. The smallest absolute Gasteiger partial charge is 0.261 e. The van der Waals surface area contributed by atoms with Crippen molar-refractivity contribution in [3.8, 4) is 0 Å². The van der Waals surface area contributed by atoms with Crippen molar-refractivity contribution < 1.29 is 13.8 Å². The first kappa shape index (κ1) is 15.4. The molecule has 1 N–H and O–H groups in total. The molecule has 0 radical (unpaired) electrons. The van der Waals surface area contributed by atoms with Crippen LogP contribution in [0.15, 0.2) is 53.4 Å². The zero-order valence-corrected chi connectivity index (χ0v) is 13.4. The summed E-state index contributed by atoms with van der Waals surface area (Å²) in [7, 11) is -2.75. The molecule has 1 atom stereocenters. The summed E-state index contributed by atoms with van der Waals surface area (Å²) in [5.41, 5.74) is 1.61. The van der Waals surface area contributed by atoms with Crippen molar-refractivity contribution in [2.24, 2.45) is 0 Å². The normalized spacial score (nSPS) is 16.3. The molecule has 2 aromatic rings. The van der Waals surface area contributed by atoms with Gasteiger partial charge in [-0.15, -0.1) is 0 Å². The first-order valence-electron chi connectivity index (χ1n) is 7.24. The second-order valence-corrected chi connectivity index (χ2v) is 7.75. The van der Waals surface area contributed by atoms with E-state index in [1.165, 1.54) is 4.90 Å². The zero-order chi connectivity index (χ0) is 16.6. The van der Waals surface area contributed by atoms with E-state index in [2.05, 4.69) is 0 Å². The molecule has 0 spiro atoms. The molecule has 0 bridgehead atoms. The Labute approximate surface area is 134 Å². The Morgan fingerprint density at radius 1 is 0.957 bits per heavy atom. The van der Waals surface area contributed by atoms with Gasteiger partial charge in [-0.2, -0.15) is 0 Å². The van der Waals surface area contributed by atoms with Crippen LogP contribution in [0.25, 0.3) is 0 Å². The predicted molar refractivity (Wildman–Crippen MR) is 86.8 cm³/mol. The lowest BCUT2D eigenvalue weighted by Gasteiger charge is -2.14. The van der Waals surface area contributed by atoms with Gasteiger partial charge in [-0.25, -0.2) is 8.99 Å². The van der Waals surface area contributed by atoms with Crippen LogP contribution in [0.1, 0.15) is 33.2 Å². The van der Waals surface area contributed by atoms with E-state index in [0.29, 0.717) is 16.0 Å². The number of hydrogen-bond acceptors (Lipinski definition) is 4. The van der Waals surface area contributed by atoms with E-state index in [1.54, 1.807) is 55.5 Å². The molecule has 118 valence electrons. The molecular formula is C17H16N2O3S. The number of amides is 2. The van der Waals surface area contributed by atoms with Crippen LogP contribution >= 0.6 is 0 Å². The SMILES string of the molecule is CCS(=N)(=O)c1ccc(CN2C(=O)c3ccccc3C2=O)cc1. The number of hydrogen-bond donors (Lipinski definition) is 1. The van der Waals surface area contributed by atoms with Gasteiger partial charge in [0.05, 0.1) is 27.4 Å². The summed E-state index contributed by atoms with van der Waals surface area (Å²) in [5, 5.41) is 0. The predicted octanol–water partition coefficient (Wildman–Crippen LogP) is 2.91. The highest BCUT2D eigenvalue weighted by Crippen LogP contribution is 2.24. The molecule has 2 amide bonds. The molecule has 1 aliphatic heterocycles. The second-order valence-electron chi connectivity index (χ2n) is 5.35. The molecule has 23 heavy (non-hydrogen) atoms. The Hall–Kier alpha value is -2.47. The molecule has 3 rings (SSSR count). The molecule has 0 fully saturated rings. The van der Waals surface area contributed by atoms with Crippen molar-refractivity contribution in [1.29, 1.82) is 4.78 Å². The maximum Gasteiger partial charge on any atom is 0.261 e. The molecule has 0 aromatic heterocycles. The lowest BCUT2D eigenvalue weighted by Crippen LogP contribution is -2.29. The van der Waals surface area contributed by atoms with Crippen LogP contribution in [0.5, 0.6) is 0 Å². The van der Waals surface area contributed by atoms with Crippen LogP contribution in [-0.2, 0) is 16.3 Å². The Balaban J connectivity index is 1.84. The third-order valence-corrected chi connectivity index (χ3v) is 5.78. The van der Waals surface area contributed by atoms with Crippen molar-refractivity contribution in [3.63, 3.8) is 0 Å². The monoisotopic (exact) mass is 328 g/mol. The molecule has 1 unspecified atom stereocenters. The Morgan fingerprint density at radius 2 is 1.48 bits per heavy atom. The Kier molecular flexibility index (Phi) is 3.77. The maximum absolute atomic E-state index is 12.3. The molecule has 0 aliphatic carbocycles. The Morgan fingerprint density at radius 3 is 1.96 bits per heavy atom. The summed E-state index contributed by atoms with van der Waals surface area (Å²) in [5.74, 6) is -0.342. The molecule has 0 saturated heterocycles. The standard InChI is InChI=1S/C17H16N2O3S/c1-2-23(18,22)13-9-7-12(8-10-13)11-19-16(20)14-5-3-4-6-15(14)17(19)21/h3-10,18H,2,11H2,1H3. The van der Waals surface area contributed by atoms with Crippen LogP contribution in [0, 0.1) is 4.78 Å². The third-order valence-electron chi connectivity index (χ3n) is 3.93. The fourth-order valence-electron chi connectivity index (χ4n) is 2.55. The van der Waals surface area contributed by atoms with Crippen molar-refractivity contribution >= 4 is 21.5 Å². The summed E-state index contributed by atoms with van der Waals surface area (Å²) in [6.07, 6.45) is 0. The van der Waals surface area contributed by atoms with E-state index >= 15 is 0 Å². The van der Waals surface area contributed by atoms with E-state index in [1.807, 2.05) is 0 Å². The topological polar surface area (TPSA) is 78.3 Å². The molecular weight excluding hydrogens is 312 g/mol. The van der Waals surface area contributed by atoms with Gasteiger partial charge >= 0.3 is 0 Å². The van der Waals surface area contributed by atoms with E-state index in [0.717, 1.165) is 5.56 Å². The van der Waals surface area contributed by atoms with Gasteiger partial charge < -0.3 is 0 Å². The van der Waals surface area contributed by atoms with Gasteiger partial charge in [0.15, 0.2) is 0 Å². The van der Waals surface area contributed by atoms with Gasteiger partial charge in [-0.05, 0) is 29.8 Å². The van der Waals surface area contributed by atoms with Crippen molar-refractivity contribution in [3.05, 3.63) is 65.2 Å². The number of nitrogens with one attached hydrogen (secondary N) is 1. The fraction of sp³-hybridized carbons (Fsp3) is 0.176. The summed E-state index contributed by atoms with van der Waals surface area (Å²) in [4.78, 5) is 26.3. The molecule has 1 heterocycles. The summed E-state index contributed by atoms with van der Waals surface area (Å²) >= 11 is 0. The number of imide groups is 1. The molecule has 5 nitrogen and oxygen atoms in total. The third kappa shape index (κ3) is 2.66.